The van der Waals surface area contributed by atoms with Crippen molar-refractivity contribution in [2.24, 2.45) is 0 Å². The number of hydrogen-bond acceptors (Lipinski definition) is 5. The molecular formula is C11H9NO5. The topological polar surface area (TPSA) is 89.6 Å². The lowest BCUT2D eigenvalue weighted by atomic mass is 10.1. The molecule has 2 rings (SSSR count). The van der Waals surface area contributed by atoms with Crippen LogP contribution in [0.3, 0.4) is 0 Å². The summed E-state index contributed by atoms with van der Waals surface area (Å²) in [4.78, 5) is 22.4. The highest BCUT2D eigenvalue weighted by molar-refractivity contribution is 6.07. The summed E-state index contributed by atoms with van der Waals surface area (Å²) < 4.78 is 9.61. The van der Waals surface area contributed by atoms with E-state index in [9.17, 15) is 9.59 Å². The van der Waals surface area contributed by atoms with Crippen molar-refractivity contribution in [1.82, 2.24) is 5.16 Å². The second-order valence-electron chi connectivity index (χ2n) is 3.24. The predicted molar refractivity (Wildman–Crippen MR) is 56.9 cm³/mol. The largest absolute Gasteiger partial charge is 0.478 e. The average molecular weight is 235 g/mol. The number of fused-ring (bicyclic) bond motifs is 1. The van der Waals surface area contributed by atoms with E-state index in [2.05, 4.69) is 5.16 Å². The standard InChI is InChI=1S/C11H9NO5/c1-2-16-11(15)9-6-4-3-5-7(10(13)14)8(6)12-17-9/h3-5H,2H2,1H3,(H,13,14). The first-order valence-electron chi connectivity index (χ1n) is 4.94. The molecule has 0 fully saturated rings. The quantitative estimate of drug-likeness (QED) is 0.814. The van der Waals surface area contributed by atoms with Crippen LogP contribution in [0.5, 0.6) is 0 Å². The van der Waals surface area contributed by atoms with Crippen LogP contribution in [-0.4, -0.2) is 28.8 Å². The minimum absolute atomic E-state index is 0.0122. The van der Waals surface area contributed by atoms with Gasteiger partial charge in [-0.2, -0.15) is 0 Å². The van der Waals surface area contributed by atoms with Gasteiger partial charge < -0.3 is 14.4 Å². The first-order valence-corrected chi connectivity index (χ1v) is 4.94. The molecule has 1 N–H and O–H groups in total. The fourth-order valence-electron chi connectivity index (χ4n) is 1.48. The van der Waals surface area contributed by atoms with Crippen LogP contribution < -0.4 is 0 Å². The number of rotatable bonds is 3. The lowest BCUT2D eigenvalue weighted by molar-refractivity contribution is 0.0482. The molecule has 0 saturated heterocycles. The lowest BCUT2D eigenvalue weighted by Gasteiger charge is -1.97. The number of benzene rings is 1. The number of nitrogens with zero attached hydrogens (tertiary/aromatic N) is 1. The Labute approximate surface area is 95.8 Å². The fourth-order valence-corrected chi connectivity index (χ4v) is 1.48. The van der Waals surface area contributed by atoms with E-state index in [0.29, 0.717) is 5.39 Å². The Morgan fingerprint density at radius 1 is 1.47 bits per heavy atom. The Morgan fingerprint density at radius 2 is 2.24 bits per heavy atom. The van der Waals surface area contributed by atoms with E-state index in [0.717, 1.165) is 0 Å². The van der Waals surface area contributed by atoms with Crippen LogP contribution in [0.15, 0.2) is 22.7 Å². The van der Waals surface area contributed by atoms with Gasteiger partial charge in [0.1, 0.15) is 5.52 Å². The van der Waals surface area contributed by atoms with Gasteiger partial charge in [0.2, 0.25) is 0 Å². The molecule has 0 aliphatic rings. The first kappa shape index (κ1) is 11.1. The summed E-state index contributed by atoms with van der Waals surface area (Å²) >= 11 is 0. The summed E-state index contributed by atoms with van der Waals surface area (Å²) in [5.74, 6) is -1.86. The number of ether oxygens (including phenoxy) is 1. The minimum atomic E-state index is -1.13. The molecule has 0 unspecified atom stereocenters. The monoisotopic (exact) mass is 235 g/mol. The zero-order valence-corrected chi connectivity index (χ0v) is 8.97. The molecule has 1 heterocycles. The molecule has 0 amide bonds. The molecule has 6 heteroatoms. The Hall–Kier alpha value is -2.37. The number of carbonyl (C=O) groups is 2. The molecule has 0 saturated carbocycles. The van der Waals surface area contributed by atoms with Gasteiger partial charge >= 0.3 is 11.9 Å². The van der Waals surface area contributed by atoms with Gasteiger partial charge in [-0.3, -0.25) is 0 Å². The molecule has 1 aromatic heterocycles. The fraction of sp³-hybridized carbons (Fsp3) is 0.182. The maximum atomic E-state index is 11.5. The molecule has 0 aliphatic heterocycles. The van der Waals surface area contributed by atoms with Gasteiger partial charge in [-0.1, -0.05) is 11.2 Å². The second kappa shape index (κ2) is 4.25. The molecule has 2 aromatic rings. The molecule has 88 valence electrons. The maximum Gasteiger partial charge on any atom is 0.377 e. The van der Waals surface area contributed by atoms with Gasteiger partial charge in [-0.15, -0.1) is 0 Å². The Kier molecular flexibility index (Phi) is 2.78. The molecule has 0 atom stereocenters. The smallest absolute Gasteiger partial charge is 0.377 e. The third-order valence-electron chi connectivity index (χ3n) is 2.20. The molecule has 6 nitrogen and oxygen atoms in total. The summed E-state index contributed by atoms with van der Waals surface area (Å²) in [7, 11) is 0. The summed E-state index contributed by atoms with van der Waals surface area (Å²) in [5, 5.41) is 12.9. The number of carbonyl (C=O) groups excluding carboxylic acids is 1. The maximum absolute atomic E-state index is 11.5. The molecule has 0 spiro atoms. The van der Waals surface area contributed by atoms with Crippen molar-refractivity contribution in [3.8, 4) is 0 Å². The van der Waals surface area contributed by atoms with Crippen LogP contribution in [0, 0.1) is 0 Å². The number of esters is 1. The summed E-state index contributed by atoms with van der Waals surface area (Å²) in [6, 6.07) is 4.47. The van der Waals surface area contributed by atoms with Crippen molar-refractivity contribution in [2.75, 3.05) is 6.61 Å². The SMILES string of the molecule is CCOC(=O)c1onc2c(C(=O)O)cccc12. The van der Waals surface area contributed by atoms with Crippen molar-refractivity contribution < 1.29 is 24.0 Å². The molecule has 17 heavy (non-hydrogen) atoms. The van der Waals surface area contributed by atoms with E-state index in [1.807, 2.05) is 0 Å². The van der Waals surface area contributed by atoms with E-state index < -0.39 is 11.9 Å². The molecule has 1 aromatic carbocycles. The van der Waals surface area contributed by atoms with Crippen molar-refractivity contribution in [3.63, 3.8) is 0 Å². The van der Waals surface area contributed by atoms with E-state index in [1.54, 1.807) is 13.0 Å². The Morgan fingerprint density at radius 3 is 2.88 bits per heavy atom. The van der Waals surface area contributed by atoms with Gasteiger partial charge in [-0.25, -0.2) is 9.59 Å². The van der Waals surface area contributed by atoms with Gasteiger partial charge in [-0.05, 0) is 19.1 Å². The second-order valence-corrected chi connectivity index (χ2v) is 3.24. The van der Waals surface area contributed by atoms with Gasteiger partial charge in [0.15, 0.2) is 0 Å². The first-order chi connectivity index (χ1) is 8.15. The summed E-state index contributed by atoms with van der Waals surface area (Å²) in [5.41, 5.74) is 0.129. The highest BCUT2D eigenvalue weighted by atomic mass is 16.6. The van der Waals surface area contributed by atoms with Gasteiger partial charge in [0.05, 0.1) is 17.6 Å². The Bertz CT molecular complexity index is 587. The number of hydrogen-bond donors (Lipinski definition) is 1. The normalized spacial score (nSPS) is 10.4. The number of carboxylic acids is 1. The van der Waals surface area contributed by atoms with Crippen LogP contribution in [0.1, 0.15) is 27.8 Å². The average Bonchev–Trinajstić information content (AvgIpc) is 2.72. The molecule has 0 bridgehead atoms. The van der Waals surface area contributed by atoms with Gasteiger partial charge in [0.25, 0.3) is 5.76 Å². The highest BCUT2D eigenvalue weighted by Crippen LogP contribution is 2.22. The van der Waals surface area contributed by atoms with E-state index in [1.165, 1.54) is 12.1 Å². The minimum Gasteiger partial charge on any atom is -0.478 e. The van der Waals surface area contributed by atoms with Crippen LogP contribution in [0.4, 0.5) is 0 Å². The van der Waals surface area contributed by atoms with Crippen molar-refractivity contribution in [3.05, 3.63) is 29.5 Å². The highest BCUT2D eigenvalue weighted by Gasteiger charge is 2.21. The van der Waals surface area contributed by atoms with Crippen molar-refractivity contribution in [2.45, 2.75) is 6.92 Å². The van der Waals surface area contributed by atoms with E-state index >= 15 is 0 Å². The third kappa shape index (κ3) is 1.84. The number of aromatic nitrogens is 1. The zero-order chi connectivity index (χ0) is 12.4. The van der Waals surface area contributed by atoms with E-state index in [-0.39, 0.29) is 23.4 Å². The third-order valence-corrected chi connectivity index (χ3v) is 2.20. The lowest BCUT2D eigenvalue weighted by Crippen LogP contribution is -2.03. The van der Waals surface area contributed by atoms with Gasteiger partial charge in [0, 0.05) is 0 Å². The van der Waals surface area contributed by atoms with Crippen molar-refractivity contribution >= 4 is 22.8 Å². The number of carboxylic acid groups (broad SMARTS) is 1. The zero-order valence-electron chi connectivity index (χ0n) is 8.97. The summed E-state index contributed by atoms with van der Waals surface area (Å²) in [6.45, 7) is 1.87. The molecule has 0 aliphatic carbocycles. The van der Waals surface area contributed by atoms with E-state index in [4.69, 9.17) is 14.4 Å². The van der Waals surface area contributed by atoms with Crippen molar-refractivity contribution in [1.29, 1.82) is 0 Å². The van der Waals surface area contributed by atoms with Crippen LogP contribution >= 0.6 is 0 Å². The van der Waals surface area contributed by atoms with Crippen LogP contribution in [0.2, 0.25) is 0 Å². The Balaban J connectivity index is 2.58. The number of aromatic carboxylic acids is 1. The van der Waals surface area contributed by atoms with Crippen LogP contribution in [0.25, 0.3) is 10.9 Å². The molecule has 0 radical (unpaired) electrons. The summed E-state index contributed by atoms with van der Waals surface area (Å²) in [6.07, 6.45) is 0. The van der Waals surface area contributed by atoms with Crippen LogP contribution in [-0.2, 0) is 4.74 Å². The predicted octanol–water partition coefficient (Wildman–Crippen LogP) is 1.70. The molecular weight excluding hydrogens is 226 g/mol.